The third-order valence-corrected chi connectivity index (χ3v) is 2.78. The Labute approximate surface area is 108 Å². The fourth-order valence-corrected chi connectivity index (χ4v) is 1.81. The molecule has 18 heavy (non-hydrogen) atoms. The van der Waals surface area contributed by atoms with E-state index in [4.69, 9.17) is 11.6 Å². The molecule has 0 bridgehead atoms. The quantitative estimate of drug-likeness (QED) is 0.796. The van der Waals surface area contributed by atoms with E-state index >= 15 is 0 Å². The van der Waals surface area contributed by atoms with Crippen LogP contribution in [0.2, 0.25) is 5.02 Å². The molecule has 2 nitrogen and oxygen atoms in total. The number of benzene rings is 2. The van der Waals surface area contributed by atoms with Crippen LogP contribution in [0, 0.1) is 5.82 Å². The molecule has 0 unspecified atom stereocenters. The first kappa shape index (κ1) is 12.5. The molecule has 2 aromatic rings. The Bertz CT molecular complexity index is 623. The van der Waals surface area contributed by atoms with Gasteiger partial charge in [0.15, 0.2) is 5.78 Å². The third-order valence-electron chi connectivity index (χ3n) is 2.45. The summed E-state index contributed by atoms with van der Waals surface area (Å²) < 4.78 is 13.1. The molecule has 4 heteroatoms. The Morgan fingerprint density at radius 1 is 1.11 bits per heavy atom. The lowest BCUT2D eigenvalue weighted by Gasteiger charge is -2.05. The SMILES string of the molecule is O=[C]c1ccc(F)cc1C(=O)c1ccccc1Cl. The second-order valence-corrected chi connectivity index (χ2v) is 4.01. The van der Waals surface area contributed by atoms with Crippen molar-refractivity contribution in [3.05, 3.63) is 70.0 Å². The Balaban J connectivity index is 2.56. The minimum absolute atomic E-state index is 0.0151. The van der Waals surface area contributed by atoms with Crippen LogP contribution in [0.15, 0.2) is 42.5 Å². The number of hydrogen-bond donors (Lipinski definition) is 0. The minimum atomic E-state index is -0.593. The van der Waals surface area contributed by atoms with Gasteiger partial charge < -0.3 is 0 Å². The average Bonchev–Trinajstić information content (AvgIpc) is 2.38. The van der Waals surface area contributed by atoms with E-state index in [-0.39, 0.29) is 21.7 Å². The molecule has 0 aliphatic carbocycles. The van der Waals surface area contributed by atoms with E-state index in [1.54, 1.807) is 24.5 Å². The summed E-state index contributed by atoms with van der Waals surface area (Å²) in [4.78, 5) is 22.9. The smallest absolute Gasteiger partial charge is 0.234 e. The summed E-state index contributed by atoms with van der Waals surface area (Å²) in [5.74, 6) is -1.09. The predicted molar refractivity (Wildman–Crippen MR) is 66.1 cm³/mol. The Morgan fingerprint density at radius 3 is 2.50 bits per heavy atom. The summed E-state index contributed by atoms with van der Waals surface area (Å²) in [6.45, 7) is 0. The number of carbonyl (C=O) groups is 1. The van der Waals surface area contributed by atoms with Gasteiger partial charge in [0, 0.05) is 16.7 Å². The van der Waals surface area contributed by atoms with Crippen molar-refractivity contribution in [2.24, 2.45) is 0 Å². The van der Waals surface area contributed by atoms with Gasteiger partial charge >= 0.3 is 0 Å². The van der Waals surface area contributed by atoms with Crippen LogP contribution in [-0.2, 0) is 4.79 Å². The van der Waals surface area contributed by atoms with Crippen LogP contribution < -0.4 is 0 Å². The molecule has 0 N–H and O–H groups in total. The molecule has 0 saturated carbocycles. The summed E-state index contributed by atoms with van der Waals surface area (Å²) in [6, 6.07) is 9.71. The lowest BCUT2D eigenvalue weighted by Crippen LogP contribution is -2.06. The van der Waals surface area contributed by atoms with Crippen molar-refractivity contribution in [3.8, 4) is 0 Å². The molecular formula is C14H7ClFO2. The number of ketones is 1. The van der Waals surface area contributed by atoms with Crippen molar-refractivity contribution in [2.75, 3.05) is 0 Å². The van der Waals surface area contributed by atoms with Crippen molar-refractivity contribution in [1.29, 1.82) is 0 Å². The van der Waals surface area contributed by atoms with Crippen LogP contribution in [0.1, 0.15) is 21.5 Å². The van der Waals surface area contributed by atoms with Crippen LogP contribution in [0.5, 0.6) is 0 Å². The summed E-state index contributed by atoms with van der Waals surface area (Å²) >= 11 is 5.89. The minimum Gasteiger partial charge on any atom is -0.289 e. The van der Waals surface area contributed by atoms with E-state index in [1.165, 1.54) is 12.1 Å². The second kappa shape index (κ2) is 5.10. The zero-order chi connectivity index (χ0) is 13.1. The molecule has 0 aliphatic heterocycles. The van der Waals surface area contributed by atoms with Gasteiger partial charge in [-0.3, -0.25) is 9.59 Å². The first-order chi connectivity index (χ1) is 8.63. The van der Waals surface area contributed by atoms with Gasteiger partial charge in [-0.05, 0) is 30.3 Å². The fraction of sp³-hybridized carbons (Fsp3) is 0. The molecule has 0 saturated heterocycles. The highest BCUT2D eigenvalue weighted by Gasteiger charge is 2.17. The standard InChI is InChI=1S/C14H7ClFO2/c15-13-4-2-1-3-11(13)14(18)12-7-10(16)6-5-9(12)8-17/h1-7H. The molecule has 0 fully saturated rings. The largest absolute Gasteiger partial charge is 0.289 e. The van der Waals surface area contributed by atoms with Crippen molar-refractivity contribution in [1.82, 2.24) is 0 Å². The van der Waals surface area contributed by atoms with Gasteiger partial charge in [-0.1, -0.05) is 23.7 Å². The number of halogens is 2. The maximum Gasteiger partial charge on any atom is 0.234 e. The number of hydrogen-bond acceptors (Lipinski definition) is 2. The van der Waals surface area contributed by atoms with Crippen LogP contribution in [0.4, 0.5) is 4.39 Å². The van der Waals surface area contributed by atoms with Gasteiger partial charge in [0.25, 0.3) is 0 Å². The van der Waals surface area contributed by atoms with Crippen molar-refractivity contribution >= 4 is 23.7 Å². The summed E-state index contributed by atoms with van der Waals surface area (Å²) in [5.41, 5.74) is 0.195. The van der Waals surface area contributed by atoms with E-state index in [1.807, 2.05) is 0 Å². The molecule has 89 valence electrons. The summed E-state index contributed by atoms with van der Waals surface area (Å²) in [6.07, 6.45) is 1.61. The molecule has 0 aliphatic rings. The van der Waals surface area contributed by atoms with Crippen molar-refractivity contribution in [3.63, 3.8) is 0 Å². The third kappa shape index (κ3) is 2.31. The molecule has 0 atom stereocenters. The van der Waals surface area contributed by atoms with E-state index in [0.29, 0.717) is 0 Å². The maximum absolute atomic E-state index is 13.1. The Kier molecular flexibility index (Phi) is 3.53. The first-order valence-electron chi connectivity index (χ1n) is 5.10. The highest BCUT2D eigenvalue weighted by molar-refractivity contribution is 6.35. The average molecular weight is 262 g/mol. The van der Waals surface area contributed by atoms with Crippen molar-refractivity contribution in [2.45, 2.75) is 0 Å². The first-order valence-corrected chi connectivity index (χ1v) is 5.48. The maximum atomic E-state index is 13.1. The zero-order valence-corrected chi connectivity index (χ0v) is 9.87. The van der Waals surface area contributed by atoms with E-state index in [0.717, 1.165) is 12.1 Å². The zero-order valence-electron chi connectivity index (χ0n) is 9.11. The van der Waals surface area contributed by atoms with Gasteiger partial charge in [-0.15, -0.1) is 0 Å². The Morgan fingerprint density at radius 2 is 1.83 bits per heavy atom. The van der Waals surface area contributed by atoms with Crippen LogP contribution in [0.3, 0.4) is 0 Å². The second-order valence-electron chi connectivity index (χ2n) is 3.60. The predicted octanol–water partition coefficient (Wildman–Crippen LogP) is 3.17. The van der Waals surface area contributed by atoms with Gasteiger partial charge in [0.05, 0.1) is 5.02 Å². The lowest BCUT2D eigenvalue weighted by molar-refractivity contribution is 0.103. The number of carbonyl (C=O) groups excluding carboxylic acids is 2. The number of rotatable bonds is 3. The van der Waals surface area contributed by atoms with Gasteiger partial charge in [-0.25, -0.2) is 4.39 Å². The van der Waals surface area contributed by atoms with Crippen LogP contribution in [-0.4, -0.2) is 12.1 Å². The molecule has 2 rings (SSSR count). The normalized spacial score (nSPS) is 10.1. The highest BCUT2D eigenvalue weighted by atomic mass is 35.5. The molecule has 0 aromatic heterocycles. The molecule has 2 aromatic carbocycles. The Hall–Kier alpha value is -2.00. The molecule has 0 amide bonds. The molecule has 0 heterocycles. The topological polar surface area (TPSA) is 34.1 Å². The van der Waals surface area contributed by atoms with Crippen LogP contribution >= 0.6 is 11.6 Å². The lowest BCUT2D eigenvalue weighted by atomic mass is 9.99. The summed E-state index contributed by atoms with van der Waals surface area (Å²) in [7, 11) is 0. The van der Waals surface area contributed by atoms with E-state index in [9.17, 15) is 14.0 Å². The van der Waals surface area contributed by atoms with E-state index < -0.39 is 11.6 Å². The molecular weight excluding hydrogens is 255 g/mol. The molecule has 0 spiro atoms. The van der Waals surface area contributed by atoms with E-state index in [2.05, 4.69) is 0 Å². The fourth-order valence-electron chi connectivity index (χ4n) is 1.58. The highest BCUT2D eigenvalue weighted by Crippen LogP contribution is 2.21. The monoisotopic (exact) mass is 261 g/mol. The van der Waals surface area contributed by atoms with Gasteiger partial charge in [0.2, 0.25) is 6.29 Å². The summed E-state index contributed by atoms with van der Waals surface area (Å²) in [5, 5.41) is 0.253. The van der Waals surface area contributed by atoms with Crippen molar-refractivity contribution < 1.29 is 14.0 Å². The van der Waals surface area contributed by atoms with Crippen LogP contribution in [0.25, 0.3) is 0 Å². The van der Waals surface area contributed by atoms with Gasteiger partial charge in [0.1, 0.15) is 5.82 Å². The molecule has 1 radical (unpaired) electrons. The van der Waals surface area contributed by atoms with Gasteiger partial charge in [-0.2, -0.15) is 0 Å².